The largest absolute Gasteiger partial charge is 0.469 e. The molecule has 4 heteroatoms. The number of aryl methyl sites for hydroxylation is 1. The number of hydrogen-bond acceptors (Lipinski definition) is 3. The topological polar surface area (TPSA) is 42.4 Å². The Morgan fingerprint density at radius 1 is 1.35 bits per heavy atom. The second-order valence-electron chi connectivity index (χ2n) is 4.06. The predicted molar refractivity (Wildman–Crippen MR) is 71.4 cm³/mol. The number of hydrogen-bond donors (Lipinski definition) is 1. The van der Waals surface area contributed by atoms with Gasteiger partial charge in [0, 0.05) is 24.2 Å². The van der Waals surface area contributed by atoms with Crippen LogP contribution in [-0.4, -0.2) is 7.05 Å². The van der Waals surface area contributed by atoms with E-state index in [4.69, 9.17) is 21.8 Å². The highest BCUT2D eigenvalue weighted by Crippen LogP contribution is 2.27. The molecule has 0 aliphatic carbocycles. The number of nitrogens with zero attached hydrogens (tertiary/aromatic N) is 1. The maximum atomic E-state index is 5.94. The van der Waals surface area contributed by atoms with Crippen LogP contribution in [0.25, 0.3) is 0 Å². The zero-order valence-electron chi connectivity index (χ0n) is 9.90. The first kappa shape index (κ1) is 11.9. The van der Waals surface area contributed by atoms with Crippen molar-refractivity contribution in [3.05, 3.63) is 46.9 Å². The Labute approximate surface area is 106 Å². The molecule has 0 spiro atoms. The summed E-state index contributed by atoms with van der Waals surface area (Å²) >= 11 is 5.88. The van der Waals surface area contributed by atoms with E-state index in [2.05, 4.69) is 4.90 Å². The maximum absolute atomic E-state index is 5.94. The van der Waals surface area contributed by atoms with Crippen LogP contribution in [0.3, 0.4) is 0 Å². The van der Waals surface area contributed by atoms with Gasteiger partial charge in [-0.25, -0.2) is 0 Å². The average molecular weight is 251 g/mol. The number of anilines is 2. The van der Waals surface area contributed by atoms with Gasteiger partial charge in [0.15, 0.2) is 0 Å². The minimum atomic E-state index is 0.652. The summed E-state index contributed by atoms with van der Waals surface area (Å²) in [6, 6.07) is 7.49. The van der Waals surface area contributed by atoms with Crippen LogP contribution in [0.15, 0.2) is 34.9 Å². The van der Waals surface area contributed by atoms with E-state index < -0.39 is 0 Å². The molecule has 0 aliphatic heterocycles. The zero-order chi connectivity index (χ0) is 12.4. The van der Waals surface area contributed by atoms with Crippen molar-refractivity contribution in [3.63, 3.8) is 0 Å². The van der Waals surface area contributed by atoms with Crippen LogP contribution in [-0.2, 0) is 6.54 Å². The second-order valence-corrected chi connectivity index (χ2v) is 4.50. The molecule has 1 aromatic carbocycles. The average Bonchev–Trinajstić information content (AvgIpc) is 2.64. The lowest BCUT2D eigenvalue weighted by molar-refractivity contribution is 0.529. The summed E-state index contributed by atoms with van der Waals surface area (Å²) in [4.78, 5) is 2.07. The van der Waals surface area contributed by atoms with Crippen molar-refractivity contribution in [3.8, 4) is 0 Å². The van der Waals surface area contributed by atoms with E-state index in [1.807, 2.05) is 32.2 Å². The van der Waals surface area contributed by atoms with Gasteiger partial charge in [-0.1, -0.05) is 11.6 Å². The molecule has 0 atom stereocenters. The quantitative estimate of drug-likeness (QED) is 0.849. The SMILES string of the molecule is Cc1occc1CN(C)c1ccc(Cl)cc1N. The van der Waals surface area contributed by atoms with Crippen LogP contribution in [0.4, 0.5) is 11.4 Å². The van der Waals surface area contributed by atoms with Crippen LogP contribution < -0.4 is 10.6 Å². The van der Waals surface area contributed by atoms with Crippen molar-refractivity contribution < 1.29 is 4.42 Å². The van der Waals surface area contributed by atoms with Gasteiger partial charge < -0.3 is 15.1 Å². The van der Waals surface area contributed by atoms with Crippen molar-refractivity contribution >= 4 is 23.0 Å². The molecule has 0 fully saturated rings. The maximum Gasteiger partial charge on any atom is 0.105 e. The molecule has 0 bridgehead atoms. The molecule has 17 heavy (non-hydrogen) atoms. The lowest BCUT2D eigenvalue weighted by Crippen LogP contribution is -2.17. The van der Waals surface area contributed by atoms with E-state index in [-0.39, 0.29) is 0 Å². The van der Waals surface area contributed by atoms with E-state index >= 15 is 0 Å². The van der Waals surface area contributed by atoms with Gasteiger partial charge in [-0.15, -0.1) is 0 Å². The van der Waals surface area contributed by atoms with Crippen LogP contribution in [0.2, 0.25) is 5.02 Å². The monoisotopic (exact) mass is 250 g/mol. The lowest BCUT2D eigenvalue weighted by atomic mass is 10.2. The van der Waals surface area contributed by atoms with Crippen molar-refractivity contribution in [1.82, 2.24) is 0 Å². The Balaban J connectivity index is 2.20. The van der Waals surface area contributed by atoms with Gasteiger partial charge in [-0.2, -0.15) is 0 Å². The first-order valence-electron chi connectivity index (χ1n) is 5.37. The van der Waals surface area contributed by atoms with Gasteiger partial charge in [0.25, 0.3) is 0 Å². The summed E-state index contributed by atoms with van der Waals surface area (Å²) in [5, 5.41) is 0.652. The van der Waals surface area contributed by atoms with Crippen LogP contribution in [0.1, 0.15) is 11.3 Å². The smallest absolute Gasteiger partial charge is 0.105 e. The summed E-state index contributed by atoms with van der Waals surface area (Å²) in [6.07, 6.45) is 1.70. The summed E-state index contributed by atoms with van der Waals surface area (Å²) < 4.78 is 5.27. The number of nitrogen functional groups attached to an aromatic ring is 1. The number of furan rings is 1. The molecule has 1 heterocycles. The highest BCUT2D eigenvalue weighted by atomic mass is 35.5. The van der Waals surface area contributed by atoms with Crippen LogP contribution in [0, 0.1) is 6.92 Å². The Morgan fingerprint density at radius 3 is 2.71 bits per heavy atom. The molecule has 3 nitrogen and oxygen atoms in total. The van der Waals surface area contributed by atoms with Crippen LogP contribution in [0.5, 0.6) is 0 Å². The molecule has 1 aromatic heterocycles. The van der Waals surface area contributed by atoms with Gasteiger partial charge in [0.1, 0.15) is 5.76 Å². The minimum Gasteiger partial charge on any atom is -0.469 e. The van der Waals surface area contributed by atoms with Crippen molar-refractivity contribution in [1.29, 1.82) is 0 Å². The Kier molecular flexibility index (Phi) is 3.29. The molecular weight excluding hydrogens is 236 g/mol. The van der Waals surface area contributed by atoms with E-state index in [9.17, 15) is 0 Å². The molecule has 2 N–H and O–H groups in total. The number of benzene rings is 1. The van der Waals surface area contributed by atoms with Gasteiger partial charge in [0.2, 0.25) is 0 Å². The van der Waals surface area contributed by atoms with E-state index in [1.165, 1.54) is 0 Å². The fourth-order valence-electron chi connectivity index (χ4n) is 1.79. The first-order chi connectivity index (χ1) is 8.08. The fraction of sp³-hybridized carbons (Fsp3) is 0.231. The third kappa shape index (κ3) is 2.56. The zero-order valence-corrected chi connectivity index (χ0v) is 10.7. The molecule has 0 aliphatic rings. The fourth-order valence-corrected chi connectivity index (χ4v) is 1.97. The molecule has 90 valence electrons. The molecule has 0 amide bonds. The molecule has 2 aromatic rings. The molecule has 2 rings (SSSR count). The molecular formula is C13H15ClN2O. The second kappa shape index (κ2) is 4.72. The number of halogens is 1. The number of rotatable bonds is 3. The Hall–Kier alpha value is -1.61. The van der Waals surface area contributed by atoms with E-state index in [0.717, 1.165) is 23.6 Å². The third-order valence-corrected chi connectivity index (χ3v) is 3.01. The van der Waals surface area contributed by atoms with Gasteiger partial charge in [-0.05, 0) is 31.2 Å². The normalized spacial score (nSPS) is 10.5. The Bertz CT molecular complexity index is 522. The summed E-state index contributed by atoms with van der Waals surface area (Å²) in [6.45, 7) is 2.71. The lowest BCUT2D eigenvalue weighted by Gasteiger charge is -2.20. The Morgan fingerprint density at radius 2 is 2.12 bits per heavy atom. The molecule has 0 radical (unpaired) electrons. The molecule has 0 unspecified atom stereocenters. The summed E-state index contributed by atoms with van der Waals surface area (Å²) in [5.41, 5.74) is 8.74. The number of nitrogens with two attached hydrogens (primary N) is 1. The van der Waals surface area contributed by atoms with Gasteiger partial charge in [-0.3, -0.25) is 0 Å². The molecule has 0 saturated heterocycles. The van der Waals surface area contributed by atoms with Crippen molar-refractivity contribution in [2.75, 3.05) is 17.7 Å². The molecule has 0 saturated carbocycles. The minimum absolute atomic E-state index is 0.652. The van der Waals surface area contributed by atoms with Crippen molar-refractivity contribution in [2.45, 2.75) is 13.5 Å². The van der Waals surface area contributed by atoms with Crippen LogP contribution >= 0.6 is 11.6 Å². The van der Waals surface area contributed by atoms with Crippen molar-refractivity contribution in [2.24, 2.45) is 0 Å². The van der Waals surface area contributed by atoms with E-state index in [0.29, 0.717) is 10.7 Å². The standard InChI is InChI=1S/C13H15ClN2O/c1-9-10(5-6-17-9)8-16(2)13-4-3-11(14)7-12(13)15/h3-7H,8,15H2,1-2H3. The highest BCUT2D eigenvalue weighted by molar-refractivity contribution is 6.31. The predicted octanol–water partition coefficient (Wildman–Crippen LogP) is 3.46. The third-order valence-electron chi connectivity index (χ3n) is 2.77. The van der Waals surface area contributed by atoms with E-state index in [1.54, 1.807) is 12.3 Å². The summed E-state index contributed by atoms with van der Waals surface area (Å²) in [5.74, 6) is 0.935. The summed E-state index contributed by atoms with van der Waals surface area (Å²) in [7, 11) is 1.99. The highest BCUT2D eigenvalue weighted by Gasteiger charge is 2.09. The van der Waals surface area contributed by atoms with Gasteiger partial charge in [0.05, 0.1) is 17.6 Å². The first-order valence-corrected chi connectivity index (χ1v) is 5.75. The van der Waals surface area contributed by atoms with Gasteiger partial charge >= 0.3 is 0 Å².